The molecular formula is C19H24BrN3O4S. The third-order valence-electron chi connectivity index (χ3n) is 4.89. The SMILES string of the molecule is Cc1noc(C)c1S(=O)(=O)N1CCCN(C(=O)CCc2cccc(Br)c2)CC1. The van der Waals surface area contributed by atoms with Crippen LogP contribution in [0.4, 0.5) is 0 Å². The number of carbonyl (C=O) groups excluding carboxylic acids is 1. The Kier molecular flexibility index (Phi) is 6.57. The number of rotatable bonds is 5. The zero-order valence-corrected chi connectivity index (χ0v) is 18.4. The number of sulfonamides is 1. The van der Waals surface area contributed by atoms with Gasteiger partial charge in [-0.25, -0.2) is 8.42 Å². The Bertz CT molecular complexity index is 938. The molecule has 0 aliphatic carbocycles. The molecule has 2 heterocycles. The van der Waals surface area contributed by atoms with E-state index in [2.05, 4.69) is 21.1 Å². The number of benzene rings is 1. The van der Waals surface area contributed by atoms with Gasteiger partial charge in [0.15, 0.2) is 5.76 Å². The normalized spacial score (nSPS) is 16.2. The summed E-state index contributed by atoms with van der Waals surface area (Å²) in [7, 11) is -3.68. The molecular weight excluding hydrogens is 446 g/mol. The quantitative estimate of drug-likeness (QED) is 0.671. The van der Waals surface area contributed by atoms with Gasteiger partial charge in [0.2, 0.25) is 15.9 Å². The maximum absolute atomic E-state index is 13.0. The van der Waals surface area contributed by atoms with E-state index in [1.54, 1.807) is 18.7 Å². The van der Waals surface area contributed by atoms with Gasteiger partial charge in [0.1, 0.15) is 10.6 Å². The summed E-state index contributed by atoms with van der Waals surface area (Å²) in [5.74, 6) is 0.347. The van der Waals surface area contributed by atoms with Crippen molar-refractivity contribution >= 4 is 31.9 Å². The van der Waals surface area contributed by atoms with Crippen molar-refractivity contribution in [3.63, 3.8) is 0 Å². The summed E-state index contributed by atoms with van der Waals surface area (Å²) < 4.78 is 33.4. The van der Waals surface area contributed by atoms with Crippen LogP contribution >= 0.6 is 15.9 Å². The molecule has 152 valence electrons. The molecule has 0 saturated carbocycles. The molecule has 1 aliphatic heterocycles. The van der Waals surface area contributed by atoms with Gasteiger partial charge in [-0.1, -0.05) is 33.2 Å². The van der Waals surface area contributed by atoms with Crippen LogP contribution in [0.5, 0.6) is 0 Å². The molecule has 2 aromatic rings. The number of amides is 1. The number of halogens is 1. The number of nitrogens with zero attached hydrogens (tertiary/aromatic N) is 3. The molecule has 1 aromatic carbocycles. The average molecular weight is 470 g/mol. The molecule has 9 heteroatoms. The summed E-state index contributed by atoms with van der Waals surface area (Å²) in [6, 6.07) is 7.91. The predicted molar refractivity (Wildman–Crippen MR) is 108 cm³/mol. The molecule has 0 spiro atoms. The van der Waals surface area contributed by atoms with Crippen molar-refractivity contribution in [3.05, 3.63) is 45.8 Å². The summed E-state index contributed by atoms with van der Waals surface area (Å²) >= 11 is 3.44. The van der Waals surface area contributed by atoms with E-state index in [9.17, 15) is 13.2 Å². The van der Waals surface area contributed by atoms with E-state index in [4.69, 9.17) is 4.52 Å². The molecule has 0 radical (unpaired) electrons. The van der Waals surface area contributed by atoms with Crippen molar-refractivity contribution in [2.24, 2.45) is 0 Å². The Morgan fingerprint density at radius 2 is 2.00 bits per heavy atom. The molecule has 7 nitrogen and oxygen atoms in total. The lowest BCUT2D eigenvalue weighted by Crippen LogP contribution is -2.37. The number of aromatic nitrogens is 1. The molecule has 1 fully saturated rings. The minimum atomic E-state index is -3.68. The summed E-state index contributed by atoms with van der Waals surface area (Å²) in [6.45, 7) is 4.82. The highest BCUT2D eigenvalue weighted by Gasteiger charge is 2.32. The van der Waals surface area contributed by atoms with Crippen LogP contribution in [0, 0.1) is 13.8 Å². The highest BCUT2D eigenvalue weighted by atomic mass is 79.9. The van der Waals surface area contributed by atoms with E-state index in [0.29, 0.717) is 50.4 Å². The zero-order valence-electron chi connectivity index (χ0n) is 16.0. The number of hydrogen-bond donors (Lipinski definition) is 0. The van der Waals surface area contributed by atoms with Gasteiger partial charge in [0.05, 0.1) is 0 Å². The molecule has 1 amide bonds. The summed E-state index contributed by atoms with van der Waals surface area (Å²) in [4.78, 5) is 14.5. The van der Waals surface area contributed by atoms with Crippen LogP contribution in [0.2, 0.25) is 0 Å². The highest BCUT2D eigenvalue weighted by molar-refractivity contribution is 9.10. The summed E-state index contributed by atoms with van der Waals surface area (Å²) in [6.07, 6.45) is 1.67. The van der Waals surface area contributed by atoms with Crippen LogP contribution < -0.4 is 0 Å². The van der Waals surface area contributed by atoms with Crippen LogP contribution in [0.15, 0.2) is 38.2 Å². The second-order valence-electron chi connectivity index (χ2n) is 6.92. The van der Waals surface area contributed by atoms with E-state index in [-0.39, 0.29) is 17.3 Å². The Morgan fingerprint density at radius 1 is 1.21 bits per heavy atom. The van der Waals surface area contributed by atoms with Crippen LogP contribution in [0.3, 0.4) is 0 Å². The van der Waals surface area contributed by atoms with E-state index < -0.39 is 10.0 Å². The van der Waals surface area contributed by atoms with Crippen LogP contribution in [-0.2, 0) is 21.2 Å². The number of aryl methyl sites for hydroxylation is 3. The fraction of sp³-hybridized carbons (Fsp3) is 0.474. The van der Waals surface area contributed by atoms with Gasteiger partial charge in [-0.05, 0) is 44.4 Å². The third-order valence-corrected chi connectivity index (χ3v) is 7.53. The van der Waals surface area contributed by atoms with Crippen LogP contribution in [-0.4, -0.2) is 54.9 Å². The molecule has 0 N–H and O–H groups in total. The first-order valence-electron chi connectivity index (χ1n) is 9.24. The molecule has 0 unspecified atom stereocenters. The van der Waals surface area contributed by atoms with Gasteiger partial charge in [0.25, 0.3) is 0 Å². The lowest BCUT2D eigenvalue weighted by atomic mass is 10.1. The van der Waals surface area contributed by atoms with Crippen LogP contribution in [0.25, 0.3) is 0 Å². The average Bonchev–Trinajstić information content (AvgIpc) is 2.85. The van der Waals surface area contributed by atoms with Crippen molar-refractivity contribution in [2.75, 3.05) is 26.2 Å². The Morgan fingerprint density at radius 3 is 2.68 bits per heavy atom. The van der Waals surface area contributed by atoms with Crippen molar-refractivity contribution in [3.8, 4) is 0 Å². The van der Waals surface area contributed by atoms with Gasteiger partial charge in [-0.15, -0.1) is 0 Å². The second kappa shape index (κ2) is 8.75. The maximum atomic E-state index is 13.0. The topological polar surface area (TPSA) is 83.7 Å². The fourth-order valence-electron chi connectivity index (χ4n) is 3.46. The van der Waals surface area contributed by atoms with Crippen LogP contribution in [0.1, 0.15) is 29.9 Å². The number of hydrogen-bond acceptors (Lipinski definition) is 5. The maximum Gasteiger partial charge on any atom is 0.248 e. The Balaban J connectivity index is 1.62. The minimum absolute atomic E-state index is 0.0524. The Labute approximate surface area is 173 Å². The molecule has 1 aliphatic rings. The predicted octanol–water partition coefficient (Wildman–Crippen LogP) is 2.91. The van der Waals surface area contributed by atoms with E-state index in [1.165, 1.54) is 4.31 Å². The van der Waals surface area contributed by atoms with Gasteiger partial charge < -0.3 is 9.42 Å². The molecule has 1 saturated heterocycles. The van der Waals surface area contributed by atoms with E-state index in [1.807, 2.05) is 24.3 Å². The lowest BCUT2D eigenvalue weighted by molar-refractivity contribution is -0.131. The smallest absolute Gasteiger partial charge is 0.248 e. The van der Waals surface area contributed by atoms with Crippen molar-refractivity contribution < 1.29 is 17.7 Å². The first-order chi connectivity index (χ1) is 13.3. The van der Waals surface area contributed by atoms with E-state index in [0.717, 1.165) is 10.0 Å². The summed E-state index contributed by atoms with van der Waals surface area (Å²) in [5, 5.41) is 3.75. The fourth-order valence-corrected chi connectivity index (χ4v) is 5.66. The molecule has 0 atom stereocenters. The standard InChI is InChI=1S/C19H24BrN3O4S/c1-14-19(15(2)27-21-14)28(25,26)23-10-4-9-22(11-12-23)18(24)8-7-16-5-3-6-17(20)13-16/h3,5-6,13H,4,7-12H2,1-2H3. The first-order valence-corrected chi connectivity index (χ1v) is 11.5. The minimum Gasteiger partial charge on any atom is -0.360 e. The van der Waals surface area contributed by atoms with Crippen molar-refractivity contribution in [1.82, 2.24) is 14.4 Å². The van der Waals surface area contributed by atoms with Gasteiger partial charge >= 0.3 is 0 Å². The molecule has 28 heavy (non-hydrogen) atoms. The summed E-state index contributed by atoms with van der Waals surface area (Å²) in [5.41, 5.74) is 1.46. The van der Waals surface area contributed by atoms with Crippen molar-refractivity contribution in [1.29, 1.82) is 0 Å². The van der Waals surface area contributed by atoms with Crippen molar-refractivity contribution in [2.45, 2.75) is 38.0 Å². The lowest BCUT2D eigenvalue weighted by Gasteiger charge is -2.22. The van der Waals surface area contributed by atoms with Gasteiger partial charge in [-0.3, -0.25) is 4.79 Å². The van der Waals surface area contributed by atoms with E-state index >= 15 is 0 Å². The number of carbonyl (C=O) groups is 1. The molecule has 3 rings (SSSR count). The largest absolute Gasteiger partial charge is 0.360 e. The van der Waals surface area contributed by atoms with Gasteiger partial charge in [-0.2, -0.15) is 4.31 Å². The molecule has 0 bridgehead atoms. The molecule has 1 aromatic heterocycles. The van der Waals surface area contributed by atoms with Gasteiger partial charge in [0, 0.05) is 37.1 Å². The first kappa shape index (κ1) is 21.0. The second-order valence-corrected chi connectivity index (χ2v) is 9.71. The zero-order chi connectivity index (χ0) is 20.3. The monoisotopic (exact) mass is 469 g/mol. The highest BCUT2D eigenvalue weighted by Crippen LogP contribution is 2.24. The Hall–Kier alpha value is -1.71. The third kappa shape index (κ3) is 4.64.